The van der Waals surface area contributed by atoms with Crippen molar-refractivity contribution in [2.45, 2.75) is 70.4 Å². The van der Waals surface area contributed by atoms with E-state index in [2.05, 4.69) is 46.0 Å². The van der Waals surface area contributed by atoms with E-state index in [0.717, 1.165) is 19.1 Å². The zero-order chi connectivity index (χ0) is 14.5. The summed E-state index contributed by atoms with van der Waals surface area (Å²) in [6, 6.07) is 0. The molecule has 1 aliphatic rings. The van der Waals surface area contributed by atoms with Gasteiger partial charge in [0.15, 0.2) is 8.32 Å². The summed E-state index contributed by atoms with van der Waals surface area (Å²) >= 11 is 0. The van der Waals surface area contributed by atoms with E-state index >= 15 is 0 Å². The Morgan fingerprint density at radius 1 is 1.37 bits per heavy atom. The SMILES string of the molecule is CC(C)(C)[Si](C)(C)O[C@H]1C/C=C\CCO[C@H]1CC=O. The van der Waals surface area contributed by atoms with E-state index in [1.165, 1.54) is 0 Å². The van der Waals surface area contributed by atoms with E-state index in [1.807, 2.05) is 0 Å². The van der Waals surface area contributed by atoms with Crippen LogP contribution in [0.1, 0.15) is 40.0 Å². The highest BCUT2D eigenvalue weighted by Gasteiger charge is 2.40. The second-order valence-electron chi connectivity index (χ2n) is 6.72. The highest BCUT2D eigenvalue weighted by Crippen LogP contribution is 2.38. The van der Waals surface area contributed by atoms with Gasteiger partial charge in [0.05, 0.1) is 18.8 Å². The fourth-order valence-electron chi connectivity index (χ4n) is 1.89. The standard InChI is InChI=1S/C15H28O3Si/c1-15(2,3)19(4,5)18-14-9-7-6-8-12-17-13(14)10-11-16/h6-7,11,13-14H,8-10,12H2,1-5H3/b7-6-/t13-,14-/m0/s1. The smallest absolute Gasteiger partial charge is 0.192 e. The lowest BCUT2D eigenvalue weighted by atomic mass is 10.1. The van der Waals surface area contributed by atoms with Gasteiger partial charge in [-0.1, -0.05) is 32.9 Å². The molecule has 0 radical (unpaired) electrons. The molecule has 0 aromatic carbocycles. The van der Waals surface area contributed by atoms with Crippen LogP contribution < -0.4 is 0 Å². The third-order valence-electron chi connectivity index (χ3n) is 4.15. The Morgan fingerprint density at radius 3 is 2.63 bits per heavy atom. The first kappa shape index (κ1) is 16.6. The maximum absolute atomic E-state index is 10.8. The maximum Gasteiger partial charge on any atom is 0.192 e. The Kier molecular flexibility index (Phi) is 5.96. The largest absolute Gasteiger partial charge is 0.411 e. The van der Waals surface area contributed by atoms with Crippen LogP contribution in [0.4, 0.5) is 0 Å². The summed E-state index contributed by atoms with van der Waals surface area (Å²) in [5.41, 5.74) is 0. The molecule has 1 rings (SSSR count). The topological polar surface area (TPSA) is 35.5 Å². The molecular formula is C15H28O3Si. The van der Waals surface area contributed by atoms with Crippen molar-refractivity contribution in [1.82, 2.24) is 0 Å². The number of hydrogen-bond donors (Lipinski definition) is 0. The zero-order valence-electron chi connectivity index (χ0n) is 12.9. The van der Waals surface area contributed by atoms with Crippen molar-refractivity contribution in [2.75, 3.05) is 6.61 Å². The first-order chi connectivity index (χ1) is 8.78. The molecule has 0 amide bonds. The Labute approximate surface area is 118 Å². The van der Waals surface area contributed by atoms with Gasteiger partial charge in [-0.2, -0.15) is 0 Å². The number of carbonyl (C=O) groups excluding carboxylic acids is 1. The lowest BCUT2D eigenvalue weighted by Crippen LogP contribution is -2.47. The van der Waals surface area contributed by atoms with Gasteiger partial charge in [-0.3, -0.25) is 0 Å². The molecule has 0 aromatic rings. The highest BCUT2D eigenvalue weighted by atomic mass is 28.4. The number of rotatable bonds is 4. The molecule has 2 atom stereocenters. The number of aldehydes is 1. The van der Waals surface area contributed by atoms with E-state index < -0.39 is 8.32 Å². The van der Waals surface area contributed by atoms with Gasteiger partial charge in [0, 0.05) is 6.42 Å². The lowest BCUT2D eigenvalue weighted by molar-refractivity contribution is -0.113. The summed E-state index contributed by atoms with van der Waals surface area (Å²) in [5, 5.41) is 0.171. The Hall–Kier alpha value is -0.453. The Morgan fingerprint density at radius 2 is 2.05 bits per heavy atom. The van der Waals surface area contributed by atoms with Gasteiger partial charge < -0.3 is 14.0 Å². The molecule has 0 aromatic heterocycles. The molecule has 0 saturated carbocycles. The third kappa shape index (κ3) is 4.86. The van der Waals surface area contributed by atoms with Gasteiger partial charge in [-0.25, -0.2) is 0 Å². The summed E-state index contributed by atoms with van der Waals surface area (Å²) in [6.45, 7) is 11.8. The average Bonchev–Trinajstić information content (AvgIpc) is 2.25. The molecule has 1 heterocycles. The molecule has 0 aliphatic carbocycles. The molecule has 4 heteroatoms. The minimum absolute atomic E-state index is 0.00245. The zero-order valence-corrected chi connectivity index (χ0v) is 13.9. The van der Waals surface area contributed by atoms with E-state index in [4.69, 9.17) is 9.16 Å². The molecular weight excluding hydrogens is 256 g/mol. The summed E-state index contributed by atoms with van der Waals surface area (Å²) in [4.78, 5) is 10.8. The minimum atomic E-state index is -1.83. The van der Waals surface area contributed by atoms with Crippen molar-refractivity contribution in [1.29, 1.82) is 0 Å². The normalized spacial score (nSPS) is 27.4. The van der Waals surface area contributed by atoms with Crippen molar-refractivity contribution in [3.63, 3.8) is 0 Å². The van der Waals surface area contributed by atoms with E-state index in [-0.39, 0.29) is 17.2 Å². The Balaban J connectivity index is 2.81. The molecule has 0 unspecified atom stereocenters. The Bertz CT molecular complexity index is 318. The third-order valence-corrected chi connectivity index (χ3v) is 8.65. The van der Waals surface area contributed by atoms with Crippen LogP contribution >= 0.6 is 0 Å². The highest BCUT2D eigenvalue weighted by molar-refractivity contribution is 6.74. The molecule has 0 saturated heterocycles. The first-order valence-corrected chi connectivity index (χ1v) is 10.1. The summed E-state index contributed by atoms with van der Waals surface area (Å²) in [6.07, 6.45) is 7.33. The van der Waals surface area contributed by atoms with E-state index in [1.54, 1.807) is 0 Å². The van der Waals surface area contributed by atoms with Crippen LogP contribution in [-0.2, 0) is 14.0 Å². The molecule has 1 aliphatic heterocycles. The number of carbonyl (C=O) groups is 1. The van der Waals surface area contributed by atoms with E-state index in [9.17, 15) is 4.79 Å². The molecule has 0 N–H and O–H groups in total. The van der Waals surface area contributed by atoms with Gasteiger partial charge in [-0.15, -0.1) is 0 Å². The fourth-order valence-corrected chi connectivity index (χ4v) is 3.25. The van der Waals surface area contributed by atoms with Gasteiger partial charge in [0.2, 0.25) is 0 Å². The monoisotopic (exact) mass is 284 g/mol. The predicted octanol–water partition coefficient (Wildman–Crippen LogP) is 3.70. The van der Waals surface area contributed by atoms with Crippen molar-refractivity contribution < 1.29 is 14.0 Å². The summed E-state index contributed by atoms with van der Waals surface area (Å²) in [7, 11) is -1.83. The second kappa shape index (κ2) is 6.82. The number of hydrogen-bond acceptors (Lipinski definition) is 3. The van der Waals surface area contributed by atoms with Crippen LogP contribution in [0.25, 0.3) is 0 Å². The fraction of sp³-hybridized carbons (Fsp3) is 0.800. The molecule has 110 valence electrons. The predicted molar refractivity (Wildman–Crippen MR) is 80.9 cm³/mol. The van der Waals surface area contributed by atoms with E-state index in [0.29, 0.717) is 13.0 Å². The van der Waals surface area contributed by atoms with Crippen LogP contribution in [0.5, 0.6) is 0 Å². The van der Waals surface area contributed by atoms with Crippen LogP contribution in [-0.4, -0.2) is 33.4 Å². The van der Waals surface area contributed by atoms with Gasteiger partial charge >= 0.3 is 0 Å². The van der Waals surface area contributed by atoms with Crippen LogP contribution in [0.2, 0.25) is 18.1 Å². The van der Waals surface area contributed by atoms with Crippen LogP contribution in [0.3, 0.4) is 0 Å². The quantitative estimate of drug-likeness (QED) is 0.448. The molecule has 3 nitrogen and oxygen atoms in total. The van der Waals surface area contributed by atoms with Crippen molar-refractivity contribution in [3.05, 3.63) is 12.2 Å². The minimum Gasteiger partial charge on any atom is -0.411 e. The average molecular weight is 284 g/mol. The van der Waals surface area contributed by atoms with Crippen molar-refractivity contribution >= 4 is 14.6 Å². The molecule has 0 fully saturated rings. The van der Waals surface area contributed by atoms with Crippen LogP contribution in [0, 0.1) is 0 Å². The summed E-state index contributed by atoms with van der Waals surface area (Å²) in [5.74, 6) is 0. The van der Waals surface area contributed by atoms with Gasteiger partial charge in [-0.05, 0) is 31.0 Å². The number of ether oxygens (including phenoxy) is 1. The first-order valence-electron chi connectivity index (χ1n) is 7.16. The van der Waals surface area contributed by atoms with Crippen molar-refractivity contribution in [3.8, 4) is 0 Å². The van der Waals surface area contributed by atoms with Gasteiger partial charge in [0.1, 0.15) is 6.29 Å². The second-order valence-corrected chi connectivity index (χ2v) is 11.5. The lowest BCUT2D eigenvalue weighted by Gasteiger charge is -2.41. The van der Waals surface area contributed by atoms with Crippen molar-refractivity contribution in [2.24, 2.45) is 0 Å². The molecule has 0 bridgehead atoms. The maximum atomic E-state index is 10.8. The van der Waals surface area contributed by atoms with Gasteiger partial charge in [0.25, 0.3) is 0 Å². The van der Waals surface area contributed by atoms with Crippen LogP contribution in [0.15, 0.2) is 12.2 Å². The molecule has 0 spiro atoms. The summed E-state index contributed by atoms with van der Waals surface area (Å²) < 4.78 is 12.3. The molecule has 19 heavy (non-hydrogen) atoms.